The molecule has 1 aromatic rings. The molecule has 2 rings (SSSR count). The molecule has 1 N–H and O–H groups in total. The Morgan fingerprint density at radius 1 is 1.40 bits per heavy atom. The topological polar surface area (TPSA) is 43.8 Å². The van der Waals surface area contributed by atoms with Crippen LogP contribution in [0, 0.1) is 6.92 Å². The van der Waals surface area contributed by atoms with Crippen LogP contribution in [0.15, 0.2) is 18.2 Å². The van der Waals surface area contributed by atoms with Crippen molar-refractivity contribution in [3.8, 4) is 5.75 Å². The highest BCUT2D eigenvalue weighted by Gasteiger charge is 2.25. The molecule has 1 fully saturated rings. The van der Waals surface area contributed by atoms with Crippen LogP contribution in [-0.2, 0) is 0 Å². The van der Waals surface area contributed by atoms with Crippen molar-refractivity contribution in [3.05, 3.63) is 29.3 Å². The van der Waals surface area contributed by atoms with Crippen molar-refractivity contribution in [2.24, 2.45) is 0 Å². The molecule has 0 aromatic heterocycles. The van der Waals surface area contributed by atoms with Crippen molar-refractivity contribution in [2.75, 3.05) is 26.7 Å². The number of hydrogen-bond donors (Lipinski definition) is 1. The first kappa shape index (κ1) is 14.9. The summed E-state index contributed by atoms with van der Waals surface area (Å²) in [6.07, 6.45) is 2.04. The lowest BCUT2D eigenvalue weighted by Crippen LogP contribution is -2.45. The third-order valence-electron chi connectivity index (χ3n) is 4.33. The van der Waals surface area contributed by atoms with Crippen LogP contribution in [0.5, 0.6) is 5.75 Å². The van der Waals surface area contributed by atoms with E-state index in [1.54, 1.807) is 18.2 Å². The van der Waals surface area contributed by atoms with Gasteiger partial charge in [0.1, 0.15) is 5.75 Å². The monoisotopic (exact) mass is 276 g/mol. The number of benzene rings is 1. The van der Waals surface area contributed by atoms with Crippen LogP contribution >= 0.6 is 0 Å². The van der Waals surface area contributed by atoms with E-state index in [2.05, 4.69) is 11.8 Å². The molecule has 4 nitrogen and oxygen atoms in total. The van der Waals surface area contributed by atoms with Crippen LogP contribution in [-0.4, -0.2) is 53.5 Å². The van der Waals surface area contributed by atoms with Crippen LogP contribution < -0.4 is 0 Å². The summed E-state index contributed by atoms with van der Waals surface area (Å²) in [6.45, 7) is 7.18. The van der Waals surface area contributed by atoms with Gasteiger partial charge >= 0.3 is 0 Å². The van der Waals surface area contributed by atoms with Crippen molar-refractivity contribution in [1.29, 1.82) is 0 Å². The number of amides is 1. The second-order valence-electron chi connectivity index (χ2n) is 5.58. The van der Waals surface area contributed by atoms with Gasteiger partial charge in [0, 0.05) is 31.7 Å². The Kier molecular flexibility index (Phi) is 4.65. The minimum atomic E-state index is -0.00440. The minimum absolute atomic E-state index is 0.00440. The first-order chi connectivity index (χ1) is 9.52. The van der Waals surface area contributed by atoms with Crippen molar-refractivity contribution in [2.45, 2.75) is 32.7 Å². The van der Waals surface area contributed by atoms with E-state index in [-0.39, 0.29) is 11.7 Å². The maximum absolute atomic E-state index is 12.5. The van der Waals surface area contributed by atoms with E-state index >= 15 is 0 Å². The van der Waals surface area contributed by atoms with Gasteiger partial charge in [0.05, 0.1) is 0 Å². The lowest BCUT2D eigenvalue weighted by Gasteiger charge is -2.36. The Labute approximate surface area is 121 Å². The zero-order valence-corrected chi connectivity index (χ0v) is 12.6. The first-order valence-electron chi connectivity index (χ1n) is 7.32. The molecule has 110 valence electrons. The fourth-order valence-electron chi connectivity index (χ4n) is 2.73. The average molecular weight is 276 g/mol. The molecule has 1 saturated heterocycles. The molecular weight excluding hydrogens is 252 g/mol. The number of aryl methyl sites for hydroxylation is 1. The second kappa shape index (κ2) is 6.27. The summed E-state index contributed by atoms with van der Waals surface area (Å²) in [6, 6.07) is 5.44. The maximum atomic E-state index is 12.5. The summed E-state index contributed by atoms with van der Waals surface area (Å²) in [7, 11) is 1.87. The van der Waals surface area contributed by atoms with E-state index in [0.717, 1.165) is 38.0 Å². The molecule has 0 radical (unpaired) electrons. The summed E-state index contributed by atoms with van der Waals surface area (Å²) >= 11 is 0. The molecule has 4 heteroatoms. The summed E-state index contributed by atoms with van der Waals surface area (Å²) in [5.74, 6) is 0.181. The molecule has 1 amide bonds. The van der Waals surface area contributed by atoms with Gasteiger partial charge in [-0.15, -0.1) is 0 Å². The molecule has 0 bridgehead atoms. The lowest BCUT2D eigenvalue weighted by molar-refractivity contribution is 0.0646. The van der Waals surface area contributed by atoms with Gasteiger partial charge in [0.25, 0.3) is 5.91 Å². The summed E-state index contributed by atoms with van der Waals surface area (Å²) in [5, 5.41) is 9.73. The Hall–Kier alpha value is -1.55. The van der Waals surface area contributed by atoms with Gasteiger partial charge in [-0.05, 0) is 44.0 Å². The fraction of sp³-hybridized carbons (Fsp3) is 0.562. The van der Waals surface area contributed by atoms with E-state index < -0.39 is 0 Å². The largest absolute Gasteiger partial charge is 0.508 e. The number of hydrogen-bond acceptors (Lipinski definition) is 3. The van der Waals surface area contributed by atoms with Gasteiger partial charge in [-0.3, -0.25) is 4.79 Å². The fourth-order valence-corrected chi connectivity index (χ4v) is 2.73. The van der Waals surface area contributed by atoms with Crippen LogP contribution in [0.25, 0.3) is 0 Å². The quantitative estimate of drug-likeness (QED) is 0.921. The normalized spacial score (nSPS) is 17.1. The Bertz CT molecular complexity index is 479. The molecule has 0 atom stereocenters. The SMILES string of the molecule is CCN1CCC(N(C)C(=O)c2ccc(C)c(O)c2)CC1. The van der Waals surface area contributed by atoms with Gasteiger partial charge in [-0.2, -0.15) is 0 Å². The number of aromatic hydroxyl groups is 1. The predicted molar refractivity (Wildman–Crippen MR) is 80.1 cm³/mol. The highest BCUT2D eigenvalue weighted by molar-refractivity contribution is 5.94. The Morgan fingerprint density at radius 2 is 2.05 bits per heavy atom. The van der Waals surface area contributed by atoms with Crippen LogP contribution in [0.1, 0.15) is 35.7 Å². The Balaban J connectivity index is 2.03. The molecule has 0 aliphatic carbocycles. The maximum Gasteiger partial charge on any atom is 0.253 e. The molecule has 1 aliphatic heterocycles. The van der Waals surface area contributed by atoms with Crippen molar-refractivity contribution < 1.29 is 9.90 Å². The zero-order valence-electron chi connectivity index (χ0n) is 12.6. The van der Waals surface area contributed by atoms with E-state index in [1.807, 2.05) is 18.9 Å². The number of rotatable bonds is 3. The number of carbonyl (C=O) groups is 1. The van der Waals surface area contributed by atoms with Crippen LogP contribution in [0.4, 0.5) is 0 Å². The average Bonchev–Trinajstić information content (AvgIpc) is 2.48. The number of nitrogens with zero attached hydrogens (tertiary/aromatic N) is 2. The van der Waals surface area contributed by atoms with E-state index in [9.17, 15) is 9.90 Å². The van der Waals surface area contributed by atoms with Crippen LogP contribution in [0.2, 0.25) is 0 Å². The number of carbonyl (C=O) groups excluding carboxylic acids is 1. The van der Waals surface area contributed by atoms with Gasteiger partial charge in [0.2, 0.25) is 0 Å². The van der Waals surface area contributed by atoms with Gasteiger partial charge in [-0.25, -0.2) is 0 Å². The lowest BCUT2D eigenvalue weighted by atomic mass is 10.0. The molecule has 0 spiro atoms. The van der Waals surface area contributed by atoms with Crippen LogP contribution in [0.3, 0.4) is 0 Å². The molecule has 0 unspecified atom stereocenters. The highest BCUT2D eigenvalue weighted by Crippen LogP contribution is 2.21. The third-order valence-corrected chi connectivity index (χ3v) is 4.33. The molecule has 20 heavy (non-hydrogen) atoms. The number of likely N-dealkylation sites (tertiary alicyclic amines) is 1. The third kappa shape index (κ3) is 3.12. The minimum Gasteiger partial charge on any atom is -0.508 e. The van der Waals surface area contributed by atoms with Gasteiger partial charge < -0.3 is 14.9 Å². The van der Waals surface area contributed by atoms with Crippen molar-refractivity contribution in [1.82, 2.24) is 9.80 Å². The Morgan fingerprint density at radius 3 is 2.60 bits per heavy atom. The van der Waals surface area contributed by atoms with E-state index in [4.69, 9.17) is 0 Å². The second-order valence-corrected chi connectivity index (χ2v) is 5.58. The molecular formula is C16H24N2O2. The zero-order chi connectivity index (χ0) is 14.7. The standard InChI is InChI=1S/C16H24N2O2/c1-4-18-9-7-14(8-10-18)17(3)16(20)13-6-5-12(2)15(19)11-13/h5-6,11,14,19H,4,7-10H2,1-3H3. The first-order valence-corrected chi connectivity index (χ1v) is 7.32. The molecule has 1 aromatic carbocycles. The number of phenols is 1. The van der Waals surface area contributed by atoms with Crippen molar-refractivity contribution in [3.63, 3.8) is 0 Å². The summed E-state index contributed by atoms with van der Waals surface area (Å²) in [4.78, 5) is 16.7. The highest BCUT2D eigenvalue weighted by atomic mass is 16.3. The molecule has 1 aliphatic rings. The number of phenolic OH excluding ortho intramolecular Hbond substituents is 1. The predicted octanol–water partition coefficient (Wildman–Crippen LogP) is 2.26. The smallest absolute Gasteiger partial charge is 0.253 e. The summed E-state index contributed by atoms with van der Waals surface area (Å²) in [5.41, 5.74) is 1.36. The molecule has 1 heterocycles. The van der Waals surface area contributed by atoms with Gasteiger partial charge in [0.15, 0.2) is 0 Å². The van der Waals surface area contributed by atoms with E-state index in [0.29, 0.717) is 11.6 Å². The van der Waals surface area contributed by atoms with Gasteiger partial charge in [-0.1, -0.05) is 13.0 Å². The number of piperidine rings is 1. The van der Waals surface area contributed by atoms with E-state index in [1.165, 1.54) is 0 Å². The molecule has 0 saturated carbocycles. The summed E-state index contributed by atoms with van der Waals surface area (Å²) < 4.78 is 0. The van der Waals surface area contributed by atoms with Crippen molar-refractivity contribution >= 4 is 5.91 Å².